The molecule has 2 atom stereocenters. The molecule has 2 unspecified atom stereocenters. The van der Waals surface area contributed by atoms with E-state index in [0.717, 1.165) is 0 Å². The van der Waals surface area contributed by atoms with Crippen LogP contribution in [0, 0.1) is 0 Å². The first-order valence-electron chi connectivity index (χ1n) is 11.5. The molecule has 0 N–H and O–H groups in total. The fourth-order valence-corrected chi connectivity index (χ4v) is 7.01. The molecule has 0 bridgehead atoms. The standard InChI is InChI=1S/C16H14F20O12S4/c17-9(18,13(25,26)27)3-49(37,38)45-1-7(47-51(41,42)5-11(21,22)15(31,32)33)8(48-52(43,44)6-12(23,24)16(34,35)36)2-46-50(39,40)4-10(19,20)14(28,29)30/h7-8H,1-6H2. The molecule has 0 aromatic heterocycles. The number of halogens is 20. The molecule has 0 spiro atoms. The van der Waals surface area contributed by atoms with Gasteiger partial charge in [-0.05, 0) is 0 Å². The van der Waals surface area contributed by atoms with Crippen molar-refractivity contribution in [1.29, 1.82) is 0 Å². The van der Waals surface area contributed by atoms with Crippen molar-refractivity contribution < 1.29 is 138 Å². The quantitative estimate of drug-likeness (QED) is 0.135. The van der Waals surface area contributed by atoms with Gasteiger partial charge in [0, 0.05) is 0 Å². The lowest BCUT2D eigenvalue weighted by molar-refractivity contribution is -0.272. The Kier molecular flexibility index (Phi) is 14.9. The van der Waals surface area contributed by atoms with Crippen LogP contribution in [0.4, 0.5) is 87.8 Å². The first-order valence-corrected chi connectivity index (χ1v) is 17.9. The number of rotatable bonds is 19. The molecule has 0 aliphatic carbocycles. The minimum Gasteiger partial charge on any atom is -0.267 e. The Morgan fingerprint density at radius 2 is 0.500 bits per heavy atom. The Labute approximate surface area is 275 Å². The van der Waals surface area contributed by atoms with Gasteiger partial charge in [0.1, 0.15) is 35.2 Å². The van der Waals surface area contributed by atoms with Crippen LogP contribution in [0.15, 0.2) is 0 Å². The highest BCUT2D eigenvalue weighted by atomic mass is 32.2. The molecule has 0 radical (unpaired) electrons. The molecule has 0 saturated heterocycles. The number of alkyl halides is 20. The van der Waals surface area contributed by atoms with E-state index in [0.29, 0.717) is 0 Å². The monoisotopic (exact) mass is 906 g/mol. The normalized spacial score (nSPS) is 16.9. The van der Waals surface area contributed by atoms with Crippen LogP contribution < -0.4 is 0 Å². The Hall–Kier alpha value is -1.76. The van der Waals surface area contributed by atoms with Crippen LogP contribution >= 0.6 is 0 Å². The van der Waals surface area contributed by atoms with Crippen LogP contribution in [-0.2, 0) is 57.2 Å². The van der Waals surface area contributed by atoms with Crippen molar-refractivity contribution >= 4 is 40.5 Å². The van der Waals surface area contributed by atoms with Crippen molar-refractivity contribution in [3.63, 3.8) is 0 Å². The SMILES string of the molecule is O=S(=O)(CC(F)(F)C(F)(F)F)OCC(OS(=O)(=O)CC(F)(F)C(F)(F)F)C(COS(=O)(=O)CC(F)(F)C(F)(F)F)OS(=O)(=O)CC(F)(F)C(F)(F)F. The Bertz CT molecular complexity index is 1540. The smallest absolute Gasteiger partial charge is 0.267 e. The highest BCUT2D eigenvalue weighted by molar-refractivity contribution is 7.87. The summed E-state index contributed by atoms with van der Waals surface area (Å²) in [5.74, 6) is -40.5. The van der Waals surface area contributed by atoms with Gasteiger partial charge in [-0.3, -0.25) is 16.7 Å². The van der Waals surface area contributed by atoms with Crippen LogP contribution in [0.3, 0.4) is 0 Å². The van der Waals surface area contributed by atoms with Gasteiger partial charge in [0.05, 0.1) is 13.2 Å². The van der Waals surface area contributed by atoms with Crippen molar-refractivity contribution in [2.45, 2.75) is 60.6 Å². The average Bonchev–Trinajstić information content (AvgIpc) is 2.78. The fourth-order valence-electron chi connectivity index (χ4n) is 2.48. The highest BCUT2D eigenvalue weighted by Crippen LogP contribution is 2.40. The summed E-state index contributed by atoms with van der Waals surface area (Å²) in [6, 6.07) is 0. The summed E-state index contributed by atoms with van der Waals surface area (Å²) in [5, 5.41) is 0. The zero-order valence-electron chi connectivity index (χ0n) is 23.5. The molecule has 0 aromatic carbocycles. The molecule has 36 heteroatoms. The Balaban J connectivity index is 7.29. The molecule has 0 rings (SSSR count). The summed E-state index contributed by atoms with van der Waals surface area (Å²) in [7, 11) is -27.3. The van der Waals surface area contributed by atoms with Crippen molar-refractivity contribution in [3.05, 3.63) is 0 Å². The van der Waals surface area contributed by atoms with Gasteiger partial charge in [-0.1, -0.05) is 0 Å². The van der Waals surface area contributed by atoms with Crippen molar-refractivity contribution in [2.75, 3.05) is 36.2 Å². The molecule has 0 amide bonds. The summed E-state index contributed by atoms with van der Waals surface area (Å²) in [6.45, 7) is -5.93. The van der Waals surface area contributed by atoms with E-state index in [1.165, 1.54) is 0 Å². The van der Waals surface area contributed by atoms with E-state index in [-0.39, 0.29) is 0 Å². The lowest BCUT2D eigenvalue weighted by Gasteiger charge is -2.28. The fraction of sp³-hybridized carbons (Fsp3) is 1.00. The zero-order valence-corrected chi connectivity index (χ0v) is 26.8. The Morgan fingerprint density at radius 3 is 0.673 bits per heavy atom. The maximum absolute atomic E-state index is 13.4. The van der Waals surface area contributed by atoms with Gasteiger partial charge >= 0.3 is 48.4 Å². The Morgan fingerprint density at radius 1 is 0.327 bits per heavy atom. The minimum absolute atomic E-state index is 2.97. The van der Waals surface area contributed by atoms with Gasteiger partial charge < -0.3 is 0 Å². The molecular formula is C16H14F20O12S4. The molecular weight excluding hydrogens is 892 g/mol. The van der Waals surface area contributed by atoms with E-state index in [4.69, 9.17) is 0 Å². The van der Waals surface area contributed by atoms with E-state index in [1.54, 1.807) is 0 Å². The summed E-state index contributed by atoms with van der Waals surface area (Å²) < 4.78 is 365. The highest BCUT2D eigenvalue weighted by Gasteiger charge is 2.63. The third-order valence-electron chi connectivity index (χ3n) is 4.87. The predicted octanol–water partition coefficient (Wildman–Crippen LogP) is 3.90. The third kappa shape index (κ3) is 15.2. The van der Waals surface area contributed by atoms with Gasteiger partial charge in [-0.25, -0.2) is 0 Å². The summed E-state index contributed by atoms with van der Waals surface area (Å²) in [6.07, 6.45) is -35.7. The minimum atomic E-state index is -6.96. The largest absolute Gasteiger partial charge is 0.454 e. The van der Waals surface area contributed by atoms with E-state index >= 15 is 0 Å². The van der Waals surface area contributed by atoms with Crippen LogP contribution in [0.25, 0.3) is 0 Å². The van der Waals surface area contributed by atoms with Crippen molar-refractivity contribution in [2.24, 2.45) is 0 Å². The second-order valence-electron chi connectivity index (χ2n) is 9.46. The summed E-state index contributed by atoms with van der Waals surface area (Å²) in [5.41, 5.74) is 0. The van der Waals surface area contributed by atoms with Gasteiger partial charge in [-0.2, -0.15) is 121 Å². The van der Waals surface area contributed by atoms with Gasteiger partial charge in [0.15, 0.2) is 0 Å². The van der Waals surface area contributed by atoms with Crippen molar-refractivity contribution in [1.82, 2.24) is 0 Å². The predicted molar refractivity (Wildman–Crippen MR) is 121 cm³/mol. The molecule has 52 heavy (non-hydrogen) atoms. The maximum Gasteiger partial charge on any atom is 0.454 e. The first kappa shape index (κ1) is 50.2. The maximum atomic E-state index is 13.4. The van der Waals surface area contributed by atoms with Gasteiger partial charge in [0.25, 0.3) is 40.5 Å². The van der Waals surface area contributed by atoms with E-state index in [2.05, 4.69) is 16.7 Å². The van der Waals surface area contributed by atoms with E-state index < -0.39 is 137 Å². The molecule has 0 saturated carbocycles. The van der Waals surface area contributed by atoms with Crippen LogP contribution in [-0.4, -0.2) is 130 Å². The summed E-state index contributed by atoms with van der Waals surface area (Å²) >= 11 is 0. The second-order valence-corrected chi connectivity index (χ2v) is 15.9. The van der Waals surface area contributed by atoms with Crippen LogP contribution in [0.2, 0.25) is 0 Å². The molecule has 0 fully saturated rings. The lowest BCUT2D eigenvalue weighted by Crippen LogP contribution is -2.49. The lowest BCUT2D eigenvalue weighted by atomic mass is 10.2. The number of hydrogen-bond acceptors (Lipinski definition) is 12. The van der Waals surface area contributed by atoms with Crippen molar-refractivity contribution in [3.8, 4) is 0 Å². The topological polar surface area (TPSA) is 173 Å². The van der Waals surface area contributed by atoms with E-state index in [9.17, 15) is 121 Å². The first-order chi connectivity index (χ1) is 22.2. The van der Waals surface area contributed by atoms with E-state index in [1.807, 2.05) is 0 Å². The third-order valence-corrected chi connectivity index (χ3v) is 9.81. The molecule has 314 valence electrons. The number of hydrogen-bond donors (Lipinski definition) is 0. The molecule has 0 heterocycles. The second kappa shape index (κ2) is 15.4. The molecule has 0 aliphatic heterocycles. The average molecular weight is 907 g/mol. The molecule has 0 aromatic rings. The van der Waals surface area contributed by atoms with Crippen LogP contribution in [0.1, 0.15) is 0 Å². The van der Waals surface area contributed by atoms with Gasteiger partial charge in [-0.15, -0.1) is 0 Å². The van der Waals surface area contributed by atoms with Crippen LogP contribution in [0.5, 0.6) is 0 Å². The molecule has 12 nitrogen and oxygen atoms in total. The summed E-state index contributed by atoms with van der Waals surface area (Å²) in [4.78, 5) is 0. The molecule has 0 aliphatic rings. The zero-order chi connectivity index (χ0) is 42.2. The van der Waals surface area contributed by atoms with Gasteiger partial charge in [0.2, 0.25) is 0 Å².